The minimum absolute atomic E-state index is 0.200. The number of aliphatic imine (C=N–C) groups is 1. The molecule has 0 amide bonds. The zero-order chi connectivity index (χ0) is 14.7. The summed E-state index contributed by atoms with van der Waals surface area (Å²) < 4.78 is 4.97. The fraction of sp³-hybridized carbons (Fsp3) is 0.154. The molecule has 2 rings (SSSR count). The Morgan fingerprint density at radius 1 is 1.45 bits per heavy atom. The fourth-order valence-corrected chi connectivity index (χ4v) is 1.61. The Labute approximate surface area is 112 Å². The lowest BCUT2D eigenvalue weighted by atomic mass is 10.1. The Balaban J connectivity index is 2.52. The topological polar surface area (TPSA) is 123 Å². The Hall–Kier alpha value is -2.67. The van der Waals surface area contributed by atoms with Gasteiger partial charge in [-0.3, -0.25) is 4.99 Å². The molecule has 0 aliphatic heterocycles. The van der Waals surface area contributed by atoms with E-state index in [1.165, 1.54) is 12.1 Å². The van der Waals surface area contributed by atoms with Gasteiger partial charge in [0.05, 0.1) is 18.0 Å². The molecule has 20 heavy (non-hydrogen) atoms. The summed E-state index contributed by atoms with van der Waals surface area (Å²) in [5, 5.41) is 29.6. The van der Waals surface area contributed by atoms with Crippen molar-refractivity contribution < 1.29 is 24.5 Å². The van der Waals surface area contributed by atoms with Gasteiger partial charge in [-0.2, -0.15) is 0 Å². The number of carboxylic acid groups (broad SMARTS) is 1. The number of benzene rings is 1. The third kappa shape index (κ3) is 2.52. The Bertz CT molecular complexity index is 733. The smallest absolute Gasteiger partial charge is 0.348 e. The summed E-state index contributed by atoms with van der Waals surface area (Å²) >= 11 is 0. The number of carbonyl (C=O) groups excluding carboxylic acids is 1. The standard InChI is InChI=1S/C13H11NO6/c15-6-9(12(17)18)14-5-8-11(16)7-3-1-2-4-10(7)20-13(8)19/h1-5,9,15-16H,6H2,(H,17,18)/p-1. The van der Waals surface area contributed by atoms with Gasteiger partial charge >= 0.3 is 5.63 Å². The van der Waals surface area contributed by atoms with Crippen LogP contribution in [0.2, 0.25) is 0 Å². The third-order valence-electron chi connectivity index (χ3n) is 2.65. The average molecular weight is 276 g/mol. The monoisotopic (exact) mass is 276 g/mol. The highest BCUT2D eigenvalue weighted by Crippen LogP contribution is 2.24. The summed E-state index contributed by atoms with van der Waals surface area (Å²) in [5.74, 6) is -1.95. The van der Waals surface area contributed by atoms with Crippen molar-refractivity contribution in [1.82, 2.24) is 0 Å². The van der Waals surface area contributed by atoms with Crippen molar-refractivity contribution in [3.63, 3.8) is 0 Å². The van der Waals surface area contributed by atoms with Gasteiger partial charge in [0, 0.05) is 6.21 Å². The summed E-state index contributed by atoms with van der Waals surface area (Å²) in [6.07, 6.45) is 0.851. The zero-order valence-electron chi connectivity index (χ0n) is 10.1. The number of fused-ring (bicyclic) bond motifs is 1. The first kappa shape index (κ1) is 13.8. The molecule has 0 spiro atoms. The van der Waals surface area contributed by atoms with Gasteiger partial charge in [-0.1, -0.05) is 12.1 Å². The molecule has 1 unspecified atom stereocenters. The second-order valence-electron chi connectivity index (χ2n) is 3.94. The zero-order valence-corrected chi connectivity index (χ0v) is 10.1. The minimum atomic E-state index is -1.59. The molecule has 0 aliphatic rings. The normalized spacial score (nSPS) is 12.8. The van der Waals surface area contributed by atoms with E-state index in [0.717, 1.165) is 6.21 Å². The first-order valence-corrected chi connectivity index (χ1v) is 5.64. The molecule has 104 valence electrons. The van der Waals surface area contributed by atoms with Crippen LogP contribution < -0.4 is 10.7 Å². The number of aliphatic hydroxyl groups is 1. The van der Waals surface area contributed by atoms with Crippen LogP contribution in [0, 0.1) is 0 Å². The lowest BCUT2D eigenvalue weighted by molar-refractivity contribution is -0.307. The van der Waals surface area contributed by atoms with Crippen molar-refractivity contribution in [3.8, 4) is 5.75 Å². The molecule has 1 heterocycles. The predicted octanol–water partition coefficient (Wildman–Crippen LogP) is -0.972. The van der Waals surface area contributed by atoms with E-state index in [1.54, 1.807) is 12.1 Å². The van der Waals surface area contributed by atoms with Crippen molar-refractivity contribution in [2.24, 2.45) is 4.99 Å². The van der Waals surface area contributed by atoms with Gasteiger partial charge in [0.15, 0.2) is 0 Å². The van der Waals surface area contributed by atoms with E-state index in [9.17, 15) is 19.8 Å². The number of carboxylic acids is 1. The van der Waals surface area contributed by atoms with Crippen molar-refractivity contribution in [2.45, 2.75) is 6.04 Å². The maximum Gasteiger partial charge on any atom is 0.348 e. The number of para-hydroxylation sites is 1. The number of hydrogen-bond acceptors (Lipinski definition) is 7. The van der Waals surface area contributed by atoms with E-state index >= 15 is 0 Å². The second-order valence-corrected chi connectivity index (χ2v) is 3.94. The highest BCUT2D eigenvalue weighted by molar-refractivity contribution is 5.94. The molecule has 0 bridgehead atoms. The molecule has 1 aromatic heterocycles. The maximum absolute atomic E-state index is 11.7. The lowest BCUT2D eigenvalue weighted by Crippen LogP contribution is -2.36. The van der Waals surface area contributed by atoms with Gasteiger partial charge in [-0.05, 0) is 12.1 Å². The van der Waals surface area contributed by atoms with Crippen LogP contribution in [0.25, 0.3) is 11.0 Å². The molecule has 7 nitrogen and oxygen atoms in total. The first-order valence-electron chi connectivity index (χ1n) is 5.64. The number of aromatic hydroxyl groups is 1. The van der Waals surface area contributed by atoms with Crippen LogP contribution in [0.1, 0.15) is 5.56 Å². The maximum atomic E-state index is 11.7. The van der Waals surface area contributed by atoms with Gasteiger partial charge in [0.1, 0.15) is 22.9 Å². The minimum Gasteiger partial charge on any atom is -0.548 e. The number of hydrogen-bond donors (Lipinski definition) is 2. The van der Waals surface area contributed by atoms with Gasteiger partial charge < -0.3 is 24.5 Å². The molecule has 2 N–H and O–H groups in total. The SMILES string of the molecule is O=C([O-])C(CO)N=Cc1c(O)c2ccccc2oc1=O. The van der Waals surface area contributed by atoms with Crippen LogP contribution >= 0.6 is 0 Å². The molecular formula is C13H10NO6-. The predicted molar refractivity (Wildman–Crippen MR) is 67.6 cm³/mol. The van der Waals surface area contributed by atoms with E-state index in [4.69, 9.17) is 9.52 Å². The summed E-state index contributed by atoms with van der Waals surface area (Å²) in [6.45, 7) is -0.779. The molecule has 7 heteroatoms. The summed E-state index contributed by atoms with van der Waals surface area (Å²) in [7, 11) is 0. The molecule has 2 aromatic rings. The molecule has 0 radical (unpaired) electrons. The average Bonchev–Trinajstić information content (AvgIpc) is 2.42. The van der Waals surface area contributed by atoms with E-state index < -0.39 is 24.2 Å². The quantitative estimate of drug-likeness (QED) is 0.547. The van der Waals surface area contributed by atoms with Gasteiger partial charge in [0.2, 0.25) is 0 Å². The van der Waals surface area contributed by atoms with Crippen LogP contribution in [0.5, 0.6) is 5.75 Å². The Kier molecular flexibility index (Phi) is 3.81. The van der Waals surface area contributed by atoms with Crippen molar-refractivity contribution in [1.29, 1.82) is 0 Å². The summed E-state index contributed by atoms with van der Waals surface area (Å²) in [4.78, 5) is 25.7. The lowest BCUT2D eigenvalue weighted by Gasteiger charge is -2.09. The number of aliphatic hydroxyl groups excluding tert-OH is 1. The Morgan fingerprint density at radius 2 is 2.15 bits per heavy atom. The number of aliphatic carboxylic acids is 1. The molecule has 0 fully saturated rings. The van der Waals surface area contributed by atoms with E-state index in [1.807, 2.05) is 0 Å². The van der Waals surface area contributed by atoms with E-state index in [-0.39, 0.29) is 16.9 Å². The first-order chi connectivity index (χ1) is 9.54. The summed E-state index contributed by atoms with van der Waals surface area (Å²) in [5.41, 5.74) is -0.950. The van der Waals surface area contributed by atoms with Gasteiger partial charge in [0.25, 0.3) is 0 Å². The van der Waals surface area contributed by atoms with Crippen LogP contribution in [0.15, 0.2) is 38.5 Å². The molecular weight excluding hydrogens is 266 g/mol. The molecule has 0 saturated heterocycles. The number of carbonyl (C=O) groups is 1. The van der Waals surface area contributed by atoms with Crippen LogP contribution in [0.3, 0.4) is 0 Å². The van der Waals surface area contributed by atoms with Gasteiger partial charge in [-0.25, -0.2) is 4.79 Å². The Morgan fingerprint density at radius 3 is 2.80 bits per heavy atom. The largest absolute Gasteiger partial charge is 0.548 e. The van der Waals surface area contributed by atoms with Crippen molar-refractivity contribution in [2.75, 3.05) is 6.61 Å². The van der Waals surface area contributed by atoms with Gasteiger partial charge in [-0.15, -0.1) is 0 Å². The van der Waals surface area contributed by atoms with E-state index in [2.05, 4.69) is 4.99 Å². The molecule has 1 aromatic carbocycles. The highest BCUT2D eigenvalue weighted by atomic mass is 16.4. The van der Waals surface area contributed by atoms with Crippen LogP contribution in [-0.2, 0) is 4.79 Å². The molecule has 1 atom stereocenters. The number of rotatable bonds is 4. The fourth-order valence-electron chi connectivity index (χ4n) is 1.61. The highest BCUT2D eigenvalue weighted by Gasteiger charge is 2.13. The third-order valence-corrected chi connectivity index (χ3v) is 2.65. The summed E-state index contributed by atoms with van der Waals surface area (Å²) in [6, 6.07) is 4.81. The second kappa shape index (κ2) is 5.54. The van der Waals surface area contributed by atoms with E-state index in [0.29, 0.717) is 5.39 Å². The number of nitrogens with zero attached hydrogens (tertiary/aromatic N) is 1. The van der Waals surface area contributed by atoms with Crippen molar-refractivity contribution in [3.05, 3.63) is 40.2 Å². The van der Waals surface area contributed by atoms with Crippen molar-refractivity contribution >= 4 is 23.2 Å². The molecule has 0 saturated carbocycles. The van der Waals surface area contributed by atoms with Crippen LogP contribution in [-0.4, -0.2) is 35.0 Å². The van der Waals surface area contributed by atoms with Crippen LogP contribution in [0.4, 0.5) is 0 Å². The molecule has 0 aliphatic carbocycles.